The standard InChI is InChI=1S/C18H24S2Si/c1-11-7-15(13(3)19-11)17-9-21(5,6)10-18(17)16-8-12(2)20-14(16)4/h7-8H,9-10H2,1-6H3. The molecule has 0 saturated carbocycles. The first-order valence-electron chi connectivity index (χ1n) is 7.64. The molecule has 0 nitrogen and oxygen atoms in total. The van der Waals surface area contributed by atoms with Gasteiger partial charge in [-0.3, -0.25) is 0 Å². The Morgan fingerprint density at radius 3 is 1.43 bits per heavy atom. The molecule has 0 bridgehead atoms. The van der Waals surface area contributed by atoms with E-state index in [1.807, 2.05) is 22.7 Å². The predicted octanol–water partition coefficient (Wildman–Crippen LogP) is 6.68. The molecule has 112 valence electrons. The number of rotatable bonds is 2. The molecule has 0 saturated heterocycles. The van der Waals surface area contributed by atoms with Crippen LogP contribution in [0.5, 0.6) is 0 Å². The second kappa shape index (κ2) is 5.22. The second-order valence-corrected chi connectivity index (χ2v) is 15.1. The van der Waals surface area contributed by atoms with Crippen molar-refractivity contribution in [3.05, 3.63) is 42.8 Å². The second-order valence-electron chi connectivity index (χ2n) is 7.13. The van der Waals surface area contributed by atoms with E-state index in [0.29, 0.717) is 0 Å². The third-order valence-corrected chi connectivity index (χ3v) is 8.96. The Kier molecular flexibility index (Phi) is 3.79. The zero-order valence-electron chi connectivity index (χ0n) is 13.9. The molecule has 2 aromatic heterocycles. The maximum absolute atomic E-state index is 2.54. The minimum atomic E-state index is -1.12. The maximum Gasteiger partial charge on any atom is 0.0562 e. The van der Waals surface area contributed by atoms with Crippen LogP contribution in [0, 0.1) is 27.7 Å². The van der Waals surface area contributed by atoms with Gasteiger partial charge in [-0.1, -0.05) is 13.1 Å². The molecule has 3 heterocycles. The molecular formula is C18H24S2Si. The van der Waals surface area contributed by atoms with Crippen molar-refractivity contribution in [3.63, 3.8) is 0 Å². The number of thiophene rings is 2. The molecule has 0 aliphatic carbocycles. The van der Waals surface area contributed by atoms with Gasteiger partial charge in [0.1, 0.15) is 0 Å². The molecule has 2 aromatic rings. The Labute approximate surface area is 137 Å². The molecule has 0 aromatic carbocycles. The lowest BCUT2D eigenvalue weighted by Gasteiger charge is -2.14. The van der Waals surface area contributed by atoms with Crippen molar-refractivity contribution < 1.29 is 0 Å². The van der Waals surface area contributed by atoms with Crippen LogP contribution in [0.15, 0.2) is 12.1 Å². The van der Waals surface area contributed by atoms with Crippen LogP contribution in [-0.4, -0.2) is 8.07 Å². The van der Waals surface area contributed by atoms with E-state index in [2.05, 4.69) is 52.9 Å². The molecule has 0 radical (unpaired) electrons. The maximum atomic E-state index is 2.54. The Bertz CT molecular complexity index is 668. The fourth-order valence-corrected chi connectivity index (χ4v) is 8.36. The fraction of sp³-hybridized carbons (Fsp3) is 0.444. The van der Waals surface area contributed by atoms with Gasteiger partial charge in [0.25, 0.3) is 0 Å². The third kappa shape index (κ3) is 2.83. The van der Waals surface area contributed by atoms with E-state index in [-0.39, 0.29) is 0 Å². The van der Waals surface area contributed by atoms with Crippen LogP contribution in [0.3, 0.4) is 0 Å². The highest BCUT2D eigenvalue weighted by molar-refractivity contribution is 7.12. The molecule has 0 unspecified atom stereocenters. The molecule has 21 heavy (non-hydrogen) atoms. The zero-order valence-corrected chi connectivity index (χ0v) is 16.5. The molecule has 0 atom stereocenters. The third-order valence-electron chi connectivity index (χ3n) is 4.41. The highest BCUT2D eigenvalue weighted by atomic mass is 32.1. The van der Waals surface area contributed by atoms with E-state index in [0.717, 1.165) is 0 Å². The van der Waals surface area contributed by atoms with E-state index in [1.165, 1.54) is 42.7 Å². The highest BCUT2D eigenvalue weighted by Gasteiger charge is 2.35. The summed E-state index contributed by atoms with van der Waals surface area (Å²) in [6, 6.07) is 7.51. The minimum Gasteiger partial charge on any atom is -0.145 e. The molecule has 0 spiro atoms. The number of aryl methyl sites for hydroxylation is 4. The Hall–Kier alpha value is -0.643. The van der Waals surface area contributed by atoms with Crippen LogP contribution in [0.2, 0.25) is 25.2 Å². The first-order valence-corrected chi connectivity index (χ1v) is 12.7. The highest BCUT2D eigenvalue weighted by Crippen LogP contribution is 2.49. The van der Waals surface area contributed by atoms with Crippen molar-refractivity contribution in [1.82, 2.24) is 0 Å². The van der Waals surface area contributed by atoms with Crippen LogP contribution < -0.4 is 0 Å². The van der Waals surface area contributed by atoms with Crippen molar-refractivity contribution in [2.45, 2.75) is 52.9 Å². The quantitative estimate of drug-likeness (QED) is 0.538. The van der Waals surface area contributed by atoms with Crippen LogP contribution in [0.4, 0.5) is 0 Å². The lowest BCUT2D eigenvalue weighted by atomic mass is 9.97. The summed E-state index contributed by atoms with van der Waals surface area (Å²) in [7, 11) is -1.12. The van der Waals surface area contributed by atoms with Crippen molar-refractivity contribution in [3.8, 4) is 0 Å². The average Bonchev–Trinajstić information content (AvgIpc) is 2.95. The summed E-state index contributed by atoms with van der Waals surface area (Å²) in [6.07, 6.45) is 0. The lowest BCUT2D eigenvalue weighted by Crippen LogP contribution is -2.20. The largest absolute Gasteiger partial charge is 0.145 e. The first-order chi connectivity index (χ1) is 9.77. The molecule has 1 aliphatic rings. The van der Waals surface area contributed by atoms with Gasteiger partial charge < -0.3 is 0 Å². The minimum absolute atomic E-state index is 1.12. The molecular weight excluding hydrogens is 308 g/mol. The lowest BCUT2D eigenvalue weighted by molar-refractivity contribution is 1.49. The van der Waals surface area contributed by atoms with Gasteiger partial charge in [-0.2, -0.15) is 0 Å². The van der Waals surface area contributed by atoms with Gasteiger partial charge in [0, 0.05) is 19.5 Å². The SMILES string of the molecule is Cc1cc(C2=C(c3cc(C)sc3C)C[Si](C)(C)C2)c(C)s1. The topological polar surface area (TPSA) is 0 Å². The Balaban J connectivity index is 2.18. The summed E-state index contributed by atoms with van der Waals surface area (Å²) in [5.41, 5.74) is 6.39. The van der Waals surface area contributed by atoms with E-state index < -0.39 is 8.07 Å². The molecule has 0 fully saturated rings. The van der Waals surface area contributed by atoms with Gasteiger partial charge in [0.05, 0.1) is 8.07 Å². The summed E-state index contributed by atoms with van der Waals surface area (Å²) in [5.74, 6) is 0. The van der Waals surface area contributed by atoms with Crippen molar-refractivity contribution >= 4 is 41.9 Å². The van der Waals surface area contributed by atoms with Crippen molar-refractivity contribution in [2.75, 3.05) is 0 Å². The van der Waals surface area contributed by atoms with E-state index in [9.17, 15) is 0 Å². The van der Waals surface area contributed by atoms with Crippen LogP contribution in [0.25, 0.3) is 11.1 Å². The predicted molar refractivity (Wildman–Crippen MR) is 101 cm³/mol. The van der Waals surface area contributed by atoms with Crippen LogP contribution in [0.1, 0.15) is 30.6 Å². The molecule has 0 N–H and O–H groups in total. The van der Waals surface area contributed by atoms with Crippen LogP contribution >= 0.6 is 22.7 Å². The van der Waals surface area contributed by atoms with Gasteiger partial charge in [0.2, 0.25) is 0 Å². The Morgan fingerprint density at radius 2 is 1.14 bits per heavy atom. The molecule has 0 amide bonds. The smallest absolute Gasteiger partial charge is 0.0562 e. The molecule has 3 rings (SSSR count). The van der Waals surface area contributed by atoms with Gasteiger partial charge in [-0.25, -0.2) is 0 Å². The summed E-state index contributed by atoms with van der Waals surface area (Å²) >= 11 is 3.89. The van der Waals surface area contributed by atoms with Gasteiger partial charge in [-0.15, -0.1) is 22.7 Å². The number of allylic oxidation sites excluding steroid dienone is 2. The van der Waals surface area contributed by atoms with E-state index in [4.69, 9.17) is 0 Å². The fourth-order valence-electron chi connectivity index (χ4n) is 3.61. The zero-order chi connectivity index (χ0) is 15.4. The molecule has 3 heteroatoms. The van der Waals surface area contributed by atoms with Crippen molar-refractivity contribution in [1.29, 1.82) is 0 Å². The van der Waals surface area contributed by atoms with Gasteiger partial charge in [0.15, 0.2) is 0 Å². The summed E-state index contributed by atoms with van der Waals surface area (Å²) in [5, 5.41) is 0. The number of hydrogen-bond acceptors (Lipinski definition) is 2. The monoisotopic (exact) mass is 332 g/mol. The summed E-state index contributed by atoms with van der Waals surface area (Å²) in [6.45, 7) is 14.1. The first kappa shape index (κ1) is 15.3. The van der Waals surface area contributed by atoms with Gasteiger partial charge >= 0.3 is 0 Å². The van der Waals surface area contributed by atoms with E-state index in [1.54, 1.807) is 11.1 Å². The summed E-state index contributed by atoms with van der Waals surface area (Å²) in [4.78, 5) is 5.88. The van der Waals surface area contributed by atoms with E-state index >= 15 is 0 Å². The average molecular weight is 333 g/mol. The van der Waals surface area contributed by atoms with Crippen molar-refractivity contribution in [2.24, 2.45) is 0 Å². The molecule has 1 aliphatic heterocycles. The number of hydrogen-bond donors (Lipinski definition) is 0. The van der Waals surface area contributed by atoms with Crippen LogP contribution in [-0.2, 0) is 0 Å². The van der Waals surface area contributed by atoms with Gasteiger partial charge in [-0.05, 0) is 74.2 Å². The Morgan fingerprint density at radius 1 is 0.762 bits per heavy atom. The normalized spacial score (nSPS) is 17.8. The summed E-state index contributed by atoms with van der Waals surface area (Å²) < 4.78 is 0.